The van der Waals surface area contributed by atoms with Crippen molar-refractivity contribution in [3.63, 3.8) is 0 Å². The van der Waals surface area contributed by atoms with Crippen LogP contribution in [0.5, 0.6) is 0 Å². The van der Waals surface area contributed by atoms with Crippen LogP contribution >= 0.6 is 0 Å². The molecule has 3 atom stereocenters. The van der Waals surface area contributed by atoms with Crippen LogP contribution in [-0.4, -0.2) is 12.6 Å². The minimum Gasteiger partial charge on any atom is -0.314 e. The van der Waals surface area contributed by atoms with Gasteiger partial charge in [-0.25, -0.2) is 0 Å². The molecule has 2 aliphatic carbocycles. The van der Waals surface area contributed by atoms with E-state index in [4.69, 9.17) is 0 Å². The zero-order valence-corrected chi connectivity index (χ0v) is 9.97. The Labute approximate surface area is 88.7 Å². The molecule has 0 saturated heterocycles. The molecule has 0 amide bonds. The van der Waals surface area contributed by atoms with E-state index in [-0.39, 0.29) is 0 Å². The molecule has 1 N–H and O–H groups in total. The number of nitrogens with one attached hydrogen (secondary N) is 1. The van der Waals surface area contributed by atoms with E-state index < -0.39 is 0 Å². The number of hydrogen-bond acceptors (Lipinski definition) is 1. The highest BCUT2D eigenvalue weighted by molar-refractivity contribution is 5.07. The molecule has 0 aromatic carbocycles. The molecular weight excluding hydrogens is 170 g/mol. The molecule has 82 valence electrons. The van der Waals surface area contributed by atoms with Crippen LogP contribution in [0.3, 0.4) is 0 Å². The third kappa shape index (κ3) is 1.84. The summed E-state index contributed by atoms with van der Waals surface area (Å²) in [5, 5.41) is 3.60. The number of hydrogen-bond donors (Lipinski definition) is 1. The zero-order valence-electron chi connectivity index (χ0n) is 9.97. The van der Waals surface area contributed by atoms with Crippen LogP contribution in [-0.2, 0) is 0 Å². The van der Waals surface area contributed by atoms with Gasteiger partial charge in [-0.2, -0.15) is 0 Å². The molecule has 0 aliphatic heterocycles. The quantitative estimate of drug-likeness (QED) is 0.729. The Morgan fingerprint density at radius 3 is 2.79 bits per heavy atom. The van der Waals surface area contributed by atoms with Gasteiger partial charge < -0.3 is 5.32 Å². The molecule has 0 aromatic rings. The van der Waals surface area contributed by atoms with Crippen LogP contribution in [0.25, 0.3) is 0 Å². The SMILES string of the molecule is CC(C)NCC1CC12CCCCC2C. The molecule has 2 fully saturated rings. The lowest BCUT2D eigenvalue weighted by Crippen LogP contribution is -2.29. The van der Waals surface area contributed by atoms with Crippen molar-refractivity contribution < 1.29 is 0 Å². The van der Waals surface area contributed by atoms with E-state index in [1.54, 1.807) is 0 Å². The Bertz CT molecular complexity index is 199. The molecule has 0 radical (unpaired) electrons. The summed E-state index contributed by atoms with van der Waals surface area (Å²) in [6, 6.07) is 0.659. The van der Waals surface area contributed by atoms with E-state index in [0.29, 0.717) is 6.04 Å². The van der Waals surface area contributed by atoms with Gasteiger partial charge in [0.15, 0.2) is 0 Å². The maximum Gasteiger partial charge on any atom is 0.00104 e. The predicted octanol–water partition coefficient (Wildman–Crippen LogP) is 3.20. The first-order valence-corrected chi connectivity index (χ1v) is 6.38. The summed E-state index contributed by atoms with van der Waals surface area (Å²) in [5.74, 6) is 2.00. The maximum atomic E-state index is 3.60. The van der Waals surface area contributed by atoms with Gasteiger partial charge in [0.25, 0.3) is 0 Å². The Kier molecular flexibility index (Phi) is 2.88. The van der Waals surface area contributed by atoms with Gasteiger partial charge in [-0.1, -0.05) is 40.0 Å². The molecule has 2 rings (SSSR count). The highest BCUT2D eigenvalue weighted by atomic mass is 14.9. The minimum absolute atomic E-state index is 0.659. The summed E-state index contributed by atoms with van der Waals surface area (Å²) in [4.78, 5) is 0. The first-order valence-electron chi connectivity index (χ1n) is 6.38. The monoisotopic (exact) mass is 195 g/mol. The Morgan fingerprint density at radius 2 is 2.14 bits per heavy atom. The van der Waals surface area contributed by atoms with E-state index >= 15 is 0 Å². The van der Waals surface area contributed by atoms with Crippen LogP contribution < -0.4 is 5.32 Å². The minimum atomic E-state index is 0.659. The fourth-order valence-corrected chi connectivity index (χ4v) is 3.40. The van der Waals surface area contributed by atoms with Crippen molar-refractivity contribution in [1.82, 2.24) is 5.32 Å². The molecule has 0 aromatic heterocycles. The molecule has 0 heterocycles. The van der Waals surface area contributed by atoms with Crippen molar-refractivity contribution in [2.75, 3.05) is 6.54 Å². The number of rotatable bonds is 3. The topological polar surface area (TPSA) is 12.0 Å². The average Bonchev–Trinajstić information content (AvgIpc) is 2.83. The van der Waals surface area contributed by atoms with Crippen LogP contribution in [0, 0.1) is 17.3 Å². The Hall–Kier alpha value is -0.0400. The van der Waals surface area contributed by atoms with Gasteiger partial charge in [0.1, 0.15) is 0 Å². The van der Waals surface area contributed by atoms with Gasteiger partial charge in [0.05, 0.1) is 0 Å². The second-order valence-corrected chi connectivity index (χ2v) is 5.84. The van der Waals surface area contributed by atoms with Crippen molar-refractivity contribution in [3.8, 4) is 0 Å². The van der Waals surface area contributed by atoms with Crippen molar-refractivity contribution in [3.05, 3.63) is 0 Å². The highest BCUT2D eigenvalue weighted by Crippen LogP contribution is 2.63. The van der Waals surface area contributed by atoms with Gasteiger partial charge in [-0.15, -0.1) is 0 Å². The van der Waals surface area contributed by atoms with Crippen molar-refractivity contribution >= 4 is 0 Å². The molecule has 2 aliphatic rings. The Morgan fingerprint density at radius 1 is 1.36 bits per heavy atom. The lowest BCUT2D eigenvalue weighted by atomic mass is 9.76. The van der Waals surface area contributed by atoms with Gasteiger partial charge in [0.2, 0.25) is 0 Å². The maximum absolute atomic E-state index is 3.60. The zero-order chi connectivity index (χ0) is 10.2. The molecule has 2 saturated carbocycles. The first-order chi connectivity index (χ1) is 6.65. The van der Waals surface area contributed by atoms with E-state index in [9.17, 15) is 0 Å². The summed E-state index contributed by atoms with van der Waals surface area (Å²) in [5.41, 5.74) is 0.778. The fraction of sp³-hybridized carbons (Fsp3) is 1.00. The van der Waals surface area contributed by atoms with Crippen molar-refractivity contribution in [2.24, 2.45) is 17.3 Å². The summed E-state index contributed by atoms with van der Waals surface area (Å²) < 4.78 is 0. The van der Waals surface area contributed by atoms with Crippen molar-refractivity contribution in [1.29, 1.82) is 0 Å². The predicted molar refractivity (Wildman–Crippen MR) is 61.3 cm³/mol. The second-order valence-electron chi connectivity index (χ2n) is 5.84. The third-order valence-electron chi connectivity index (χ3n) is 4.56. The summed E-state index contributed by atoms with van der Waals surface area (Å²) in [6.07, 6.45) is 7.47. The smallest absolute Gasteiger partial charge is 0.00104 e. The van der Waals surface area contributed by atoms with Gasteiger partial charge in [0, 0.05) is 6.04 Å². The molecule has 1 nitrogen and oxygen atoms in total. The molecule has 0 bridgehead atoms. The summed E-state index contributed by atoms with van der Waals surface area (Å²) in [7, 11) is 0. The van der Waals surface area contributed by atoms with Crippen molar-refractivity contribution in [2.45, 2.75) is 58.9 Å². The van der Waals surface area contributed by atoms with Crippen LogP contribution in [0.4, 0.5) is 0 Å². The molecule has 3 unspecified atom stereocenters. The second kappa shape index (κ2) is 3.84. The largest absolute Gasteiger partial charge is 0.314 e. The van der Waals surface area contributed by atoms with E-state index in [1.165, 1.54) is 38.6 Å². The summed E-state index contributed by atoms with van der Waals surface area (Å²) >= 11 is 0. The standard InChI is InChI=1S/C13H25N/c1-10(2)14-9-12-8-13(12)7-5-4-6-11(13)3/h10-12,14H,4-9H2,1-3H3. The lowest BCUT2D eigenvalue weighted by Gasteiger charge is -2.30. The summed E-state index contributed by atoms with van der Waals surface area (Å²) in [6.45, 7) is 8.25. The highest BCUT2D eigenvalue weighted by Gasteiger charge is 2.56. The van der Waals surface area contributed by atoms with Gasteiger partial charge >= 0.3 is 0 Å². The van der Waals surface area contributed by atoms with Crippen LogP contribution in [0.2, 0.25) is 0 Å². The lowest BCUT2D eigenvalue weighted by molar-refractivity contribution is 0.207. The van der Waals surface area contributed by atoms with Crippen LogP contribution in [0.1, 0.15) is 52.9 Å². The van der Waals surface area contributed by atoms with Gasteiger partial charge in [-0.05, 0) is 36.6 Å². The normalized spacial score (nSPS) is 42.0. The molecular formula is C13H25N. The third-order valence-corrected chi connectivity index (χ3v) is 4.56. The van der Waals surface area contributed by atoms with Crippen LogP contribution in [0.15, 0.2) is 0 Å². The molecule has 1 heteroatoms. The first kappa shape index (κ1) is 10.5. The van der Waals surface area contributed by atoms with E-state index in [0.717, 1.165) is 17.3 Å². The average molecular weight is 195 g/mol. The Balaban J connectivity index is 1.82. The van der Waals surface area contributed by atoms with E-state index in [2.05, 4.69) is 26.1 Å². The van der Waals surface area contributed by atoms with E-state index in [1.807, 2.05) is 0 Å². The molecule has 1 spiro atoms. The molecule has 14 heavy (non-hydrogen) atoms. The fourth-order valence-electron chi connectivity index (χ4n) is 3.40. The van der Waals surface area contributed by atoms with Gasteiger partial charge in [-0.3, -0.25) is 0 Å².